The van der Waals surface area contributed by atoms with Crippen LogP contribution in [0.15, 0.2) is 36.5 Å². The lowest BCUT2D eigenvalue weighted by Crippen LogP contribution is -2.36. The van der Waals surface area contributed by atoms with Crippen LogP contribution < -0.4 is 10.6 Å². The Morgan fingerprint density at radius 2 is 2.11 bits per heavy atom. The summed E-state index contributed by atoms with van der Waals surface area (Å²) in [5.41, 5.74) is 1.04. The lowest BCUT2D eigenvalue weighted by molar-refractivity contribution is 0.0954. The van der Waals surface area contributed by atoms with Crippen molar-refractivity contribution in [3.63, 3.8) is 0 Å². The van der Waals surface area contributed by atoms with Crippen LogP contribution in [0.1, 0.15) is 16.6 Å². The first-order valence-corrected chi connectivity index (χ1v) is 6.99. The first kappa shape index (κ1) is 13.7. The average molecular weight is 275 g/mol. The Hall–Kier alpha value is -1.72. The van der Waals surface area contributed by atoms with Crippen LogP contribution in [-0.4, -0.2) is 30.5 Å². The maximum atomic E-state index is 11.9. The number of likely N-dealkylation sites (N-methyl/N-ethyl adjacent to an activating group) is 1. The van der Waals surface area contributed by atoms with E-state index in [2.05, 4.69) is 15.6 Å². The molecule has 2 N–H and O–H groups in total. The Morgan fingerprint density at radius 1 is 1.37 bits per heavy atom. The summed E-state index contributed by atoms with van der Waals surface area (Å²) in [4.78, 5) is 16.9. The van der Waals surface area contributed by atoms with E-state index in [9.17, 15) is 4.79 Å². The van der Waals surface area contributed by atoms with Crippen molar-refractivity contribution in [3.8, 4) is 10.6 Å². The number of aromatic nitrogens is 1. The molecule has 1 atom stereocenters. The van der Waals surface area contributed by atoms with Crippen molar-refractivity contribution in [2.75, 3.05) is 13.6 Å². The van der Waals surface area contributed by atoms with Crippen molar-refractivity contribution < 1.29 is 4.79 Å². The van der Waals surface area contributed by atoms with Gasteiger partial charge in [0.05, 0.1) is 6.20 Å². The molecule has 1 heterocycles. The van der Waals surface area contributed by atoms with Gasteiger partial charge in [-0.25, -0.2) is 4.98 Å². The molecule has 0 spiro atoms. The Labute approximate surface area is 116 Å². The molecule has 0 radical (unpaired) electrons. The van der Waals surface area contributed by atoms with Crippen LogP contribution in [0.4, 0.5) is 0 Å². The third-order valence-electron chi connectivity index (χ3n) is 2.81. The van der Waals surface area contributed by atoms with Crippen LogP contribution in [0.25, 0.3) is 10.6 Å². The molecule has 0 saturated heterocycles. The van der Waals surface area contributed by atoms with Crippen LogP contribution in [0, 0.1) is 0 Å². The lowest BCUT2D eigenvalue weighted by atomic mass is 10.2. The second kappa shape index (κ2) is 6.45. The normalized spacial score (nSPS) is 12.1. The van der Waals surface area contributed by atoms with Crippen LogP contribution >= 0.6 is 11.3 Å². The summed E-state index contributed by atoms with van der Waals surface area (Å²) in [5, 5.41) is 6.83. The van der Waals surface area contributed by atoms with Gasteiger partial charge in [0.2, 0.25) is 0 Å². The fourth-order valence-corrected chi connectivity index (χ4v) is 2.37. The van der Waals surface area contributed by atoms with Crippen molar-refractivity contribution in [2.45, 2.75) is 13.0 Å². The highest BCUT2D eigenvalue weighted by atomic mass is 32.1. The molecule has 1 unspecified atom stereocenters. The van der Waals surface area contributed by atoms with Gasteiger partial charge >= 0.3 is 0 Å². The van der Waals surface area contributed by atoms with Gasteiger partial charge in [0.15, 0.2) is 0 Å². The Kier molecular flexibility index (Phi) is 4.65. The summed E-state index contributed by atoms with van der Waals surface area (Å²) in [5.74, 6) is -0.0678. The average Bonchev–Trinajstić information content (AvgIpc) is 2.95. The van der Waals surface area contributed by atoms with E-state index >= 15 is 0 Å². The molecular formula is C14H17N3OS. The van der Waals surface area contributed by atoms with Gasteiger partial charge in [0.25, 0.3) is 5.91 Å². The maximum Gasteiger partial charge on any atom is 0.263 e. The third kappa shape index (κ3) is 3.62. The molecule has 0 bridgehead atoms. The van der Waals surface area contributed by atoms with Gasteiger partial charge in [-0.05, 0) is 14.0 Å². The number of carbonyl (C=O) groups excluding carboxylic acids is 1. The molecule has 0 aliphatic heterocycles. The van der Waals surface area contributed by atoms with Crippen molar-refractivity contribution in [1.82, 2.24) is 15.6 Å². The Morgan fingerprint density at radius 3 is 2.79 bits per heavy atom. The number of rotatable bonds is 5. The van der Waals surface area contributed by atoms with E-state index in [4.69, 9.17) is 0 Å². The molecule has 1 aromatic heterocycles. The number of amides is 1. The number of hydrogen-bond acceptors (Lipinski definition) is 4. The molecule has 19 heavy (non-hydrogen) atoms. The number of carbonyl (C=O) groups is 1. The Balaban J connectivity index is 2.03. The Bertz CT molecular complexity index is 539. The predicted molar refractivity (Wildman–Crippen MR) is 78.4 cm³/mol. The van der Waals surface area contributed by atoms with E-state index in [-0.39, 0.29) is 11.9 Å². The summed E-state index contributed by atoms with van der Waals surface area (Å²) in [6.07, 6.45) is 1.63. The van der Waals surface area contributed by atoms with Gasteiger partial charge in [-0.3, -0.25) is 4.79 Å². The standard InChI is InChI=1S/C14H17N3OS/c1-10(15-2)8-16-13(18)12-9-17-14(19-12)11-6-4-3-5-7-11/h3-7,9-10,15H,8H2,1-2H3,(H,16,18). The fraction of sp³-hybridized carbons (Fsp3) is 0.286. The van der Waals surface area contributed by atoms with Crippen molar-refractivity contribution in [3.05, 3.63) is 41.4 Å². The first-order chi connectivity index (χ1) is 9.20. The second-order valence-electron chi connectivity index (χ2n) is 4.30. The van der Waals surface area contributed by atoms with Crippen LogP contribution in [0.5, 0.6) is 0 Å². The van der Waals surface area contributed by atoms with Gasteiger partial charge in [-0.1, -0.05) is 30.3 Å². The van der Waals surface area contributed by atoms with E-state index < -0.39 is 0 Å². The first-order valence-electron chi connectivity index (χ1n) is 6.17. The van der Waals surface area contributed by atoms with E-state index in [1.807, 2.05) is 44.3 Å². The summed E-state index contributed by atoms with van der Waals surface area (Å²) in [6, 6.07) is 10.1. The minimum absolute atomic E-state index is 0.0678. The van der Waals surface area contributed by atoms with Crippen LogP contribution in [0.2, 0.25) is 0 Å². The highest BCUT2D eigenvalue weighted by Crippen LogP contribution is 2.24. The zero-order valence-corrected chi connectivity index (χ0v) is 11.8. The van der Waals surface area contributed by atoms with Crippen LogP contribution in [-0.2, 0) is 0 Å². The zero-order chi connectivity index (χ0) is 13.7. The fourth-order valence-electron chi connectivity index (χ4n) is 1.53. The predicted octanol–water partition coefficient (Wildman–Crippen LogP) is 2.15. The number of nitrogens with zero attached hydrogens (tertiary/aromatic N) is 1. The third-order valence-corrected chi connectivity index (χ3v) is 3.86. The lowest BCUT2D eigenvalue weighted by Gasteiger charge is -2.10. The molecule has 0 aliphatic rings. The molecule has 0 aliphatic carbocycles. The monoisotopic (exact) mass is 275 g/mol. The highest BCUT2D eigenvalue weighted by Gasteiger charge is 2.11. The summed E-state index contributed by atoms with van der Waals surface area (Å²) in [6.45, 7) is 2.62. The minimum Gasteiger partial charge on any atom is -0.350 e. The van der Waals surface area contributed by atoms with Gasteiger partial charge in [-0.15, -0.1) is 11.3 Å². The molecular weight excluding hydrogens is 258 g/mol. The molecule has 2 rings (SSSR count). The smallest absolute Gasteiger partial charge is 0.263 e. The van der Waals surface area contributed by atoms with Gasteiger partial charge in [0.1, 0.15) is 9.88 Å². The molecule has 1 aromatic carbocycles. The summed E-state index contributed by atoms with van der Waals surface area (Å²) < 4.78 is 0. The highest BCUT2D eigenvalue weighted by molar-refractivity contribution is 7.16. The van der Waals surface area contributed by atoms with Crippen LogP contribution in [0.3, 0.4) is 0 Å². The minimum atomic E-state index is -0.0678. The quantitative estimate of drug-likeness (QED) is 0.879. The van der Waals surface area contributed by atoms with Gasteiger partial charge in [-0.2, -0.15) is 0 Å². The van der Waals surface area contributed by atoms with Crippen molar-refractivity contribution >= 4 is 17.2 Å². The van der Waals surface area contributed by atoms with Crippen molar-refractivity contribution in [2.24, 2.45) is 0 Å². The molecule has 4 nitrogen and oxygen atoms in total. The van der Waals surface area contributed by atoms with E-state index in [0.717, 1.165) is 10.6 Å². The van der Waals surface area contributed by atoms with Gasteiger partial charge < -0.3 is 10.6 Å². The number of nitrogens with one attached hydrogen (secondary N) is 2. The second-order valence-corrected chi connectivity index (χ2v) is 5.33. The number of hydrogen-bond donors (Lipinski definition) is 2. The van der Waals surface area contributed by atoms with E-state index in [0.29, 0.717) is 11.4 Å². The molecule has 1 amide bonds. The molecule has 0 fully saturated rings. The van der Waals surface area contributed by atoms with Crippen molar-refractivity contribution in [1.29, 1.82) is 0 Å². The SMILES string of the molecule is CNC(C)CNC(=O)c1cnc(-c2ccccc2)s1. The van der Waals surface area contributed by atoms with Gasteiger partial charge in [0, 0.05) is 18.2 Å². The topological polar surface area (TPSA) is 54.0 Å². The molecule has 0 saturated carbocycles. The van der Waals surface area contributed by atoms with E-state index in [1.54, 1.807) is 6.20 Å². The molecule has 5 heteroatoms. The largest absolute Gasteiger partial charge is 0.350 e. The van der Waals surface area contributed by atoms with E-state index in [1.165, 1.54) is 11.3 Å². The molecule has 2 aromatic rings. The number of benzene rings is 1. The summed E-state index contributed by atoms with van der Waals surface area (Å²) in [7, 11) is 1.87. The number of thiazole rings is 1. The maximum absolute atomic E-state index is 11.9. The summed E-state index contributed by atoms with van der Waals surface area (Å²) >= 11 is 1.41. The molecule has 100 valence electrons. The zero-order valence-electron chi connectivity index (χ0n) is 11.0.